The zero-order valence-electron chi connectivity index (χ0n) is 15.2. The van der Waals surface area contributed by atoms with Crippen molar-refractivity contribution in [1.29, 1.82) is 0 Å². The van der Waals surface area contributed by atoms with Crippen molar-refractivity contribution in [2.24, 2.45) is 17.1 Å². The molecule has 2 N–H and O–H groups in total. The lowest BCUT2D eigenvalue weighted by molar-refractivity contribution is -0.511. The van der Waals surface area contributed by atoms with Crippen LogP contribution in [0.2, 0.25) is 0 Å². The number of aryl methyl sites for hydroxylation is 1. The summed E-state index contributed by atoms with van der Waals surface area (Å²) in [7, 11) is 5.51. The number of aromatic nitrogens is 2. The highest BCUT2D eigenvalue weighted by atomic mass is 16.5. The van der Waals surface area contributed by atoms with E-state index >= 15 is 0 Å². The maximum Gasteiger partial charge on any atom is 0.286 e. The van der Waals surface area contributed by atoms with Crippen LogP contribution < -0.4 is 19.9 Å². The van der Waals surface area contributed by atoms with Gasteiger partial charge in [0, 0.05) is 20.2 Å². The molecule has 0 atom stereocenters. The van der Waals surface area contributed by atoms with Crippen LogP contribution in [-0.2, 0) is 13.7 Å². The van der Waals surface area contributed by atoms with E-state index < -0.39 is 0 Å². The number of benzene rings is 1. The number of guanidine groups is 1. The second-order valence-corrected chi connectivity index (χ2v) is 5.70. The predicted molar refractivity (Wildman–Crippen MR) is 102 cm³/mol. The summed E-state index contributed by atoms with van der Waals surface area (Å²) < 4.78 is 10.1. The number of ether oxygens (including phenoxy) is 1. The Morgan fingerprint density at radius 3 is 2.73 bits per heavy atom. The van der Waals surface area contributed by atoms with Crippen molar-refractivity contribution in [3.8, 4) is 5.75 Å². The van der Waals surface area contributed by atoms with E-state index in [1.807, 2.05) is 49.6 Å². The molecule has 0 aliphatic rings. The average molecular weight is 351 g/mol. The second kappa shape index (κ2) is 8.15. The normalized spacial score (nSPS) is 11.9. The first-order chi connectivity index (χ1) is 12.7. The highest BCUT2D eigenvalue weighted by Gasteiger charge is 2.13. The molecule has 3 aromatic rings. The molecular formula is C19H23N6O+. The van der Waals surface area contributed by atoms with E-state index in [0.29, 0.717) is 12.6 Å². The van der Waals surface area contributed by atoms with Crippen LogP contribution in [0.3, 0.4) is 0 Å². The molecule has 0 unspecified atom stereocenters. The fourth-order valence-corrected chi connectivity index (χ4v) is 2.56. The fraction of sp³-hybridized carbons (Fsp3) is 0.211. The SMILES string of the molecule is CN=C(NC)N/N=C/c1ccc(OCc2c[n+]3ccccc3n2C)cc1. The third-order valence-corrected chi connectivity index (χ3v) is 4.04. The quantitative estimate of drug-likeness (QED) is 0.317. The lowest BCUT2D eigenvalue weighted by Gasteiger charge is -2.05. The summed E-state index contributed by atoms with van der Waals surface area (Å²) in [5.41, 5.74) is 6.02. The summed E-state index contributed by atoms with van der Waals surface area (Å²) in [6.45, 7) is 0.506. The van der Waals surface area contributed by atoms with Crippen LogP contribution in [0.4, 0.5) is 0 Å². The summed E-state index contributed by atoms with van der Waals surface area (Å²) in [6, 6.07) is 13.9. The highest BCUT2D eigenvalue weighted by molar-refractivity contribution is 5.83. The van der Waals surface area contributed by atoms with Crippen molar-refractivity contribution >= 4 is 17.8 Å². The van der Waals surface area contributed by atoms with Crippen LogP contribution in [0.1, 0.15) is 11.3 Å². The zero-order chi connectivity index (χ0) is 18.4. The Bertz CT molecular complexity index is 927. The monoisotopic (exact) mass is 351 g/mol. The minimum Gasteiger partial charge on any atom is -0.485 e. The maximum absolute atomic E-state index is 5.91. The molecule has 134 valence electrons. The second-order valence-electron chi connectivity index (χ2n) is 5.70. The van der Waals surface area contributed by atoms with Gasteiger partial charge >= 0.3 is 0 Å². The molecule has 7 heteroatoms. The number of aliphatic imine (C=N–C) groups is 1. The first-order valence-corrected chi connectivity index (χ1v) is 8.32. The molecule has 7 nitrogen and oxygen atoms in total. The molecule has 0 aliphatic heterocycles. The number of nitrogens with one attached hydrogen (secondary N) is 2. The Hall–Kier alpha value is -3.35. The van der Waals surface area contributed by atoms with Gasteiger partial charge in [-0.25, -0.2) is 14.4 Å². The van der Waals surface area contributed by atoms with Gasteiger partial charge in [-0.1, -0.05) is 6.07 Å². The summed E-state index contributed by atoms with van der Waals surface area (Å²) in [5, 5.41) is 7.02. The van der Waals surface area contributed by atoms with Gasteiger partial charge in [0.1, 0.15) is 11.9 Å². The van der Waals surface area contributed by atoms with E-state index in [9.17, 15) is 0 Å². The van der Waals surface area contributed by atoms with E-state index in [0.717, 1.165) is 22.7 Å². The first-order valence-electron chi connectivity index (χ1n) is 8.32. The van der Waals surface area contributed by atoms with Gasteiger partial charge in [0.2, 0.25) is 5.96 Å². The summed E-state index contributed by atoms with van der Waals surface area (Å²) >= 11 is 0. The van der Waals surface area contributed by atoms with Gasteiger partial charge in [0.25, 0.3) is 5.65 Å². The predicted octanol–water partition coefficient (Wildman–Crippen LogP) is 1.47. The minimum atomic E-state index is 0.506. The smallest absolute Gasteiger partial charge is 0.286 e. The summed E-state index contributed by atoms with van der Waals surface area (Å²) in [5.74, 6) is 1.42. The highest BCUT2D eigenvalue weighted by Crippen LogP contribution is 2.14. The first kappa shape index (κ1) is 17.5. The number of hydrazone groups is 1. The molecule has 0 amide bonds. The van der Waals surface area contributed by atoms with Gasteiger partial charge in [0.05, 0.1) is 19.5 Å². The Kier molecular flexibility index (Phi) is 5.48. The fourth-order valence-electron chi connectivity index (χ4n) is 2.56. The number of imidazole rings is 1. The number of hydrogen-bond acceptors (Lipinski definition) is 3. The number of hydrogen-bond donors (Lipinski definition) is 2. The molecule has 0 saturated heterocycles. The van der Waals surface area contributed by atoms with Gasteiger partial charge in [0.15, 0.2) is 12.3 Å². The Morgan fingerprint density at radius 2 is 2.04 bits per heavy atom. The molecule has 0 spiro atoms. The Morgan fingerprint density at radius 1 is 1.23 bits per heavy atom. The molecule has 2 aromatic heterocycles. The average Bonchev–Trinajstić information content (AvgIpc) is 3.01. The van der Waals surface area contributed by atoms with Crippen molar-refractivity contribution in [1.82, 2.24) is 15.3 Å². The van der Waals surface area contributed by atoms with Crippen molar-refractivity contribution < 1.29 is 9.14 Å². The molecular weight excluding hydrogens is 328 g/mol. The van der Waals surface area contributed by atoms with Crippen LogP contribution in [0.5, 0.6) is 5.75 Å². The topological polar surface area (TPSA) is 67.0 Å². The van der Waals surface area contributed by atoms with E-state index in [4.69, 9.17) is 4.74 Å². The van der Waals surface area contributed by atoms with E-state index in [1.54, 1.807) is 20.3 Å². The summed E-state index contributed by atoms with van der Waals surface area (Å²) in [6.07, 6.45) is 5.84. The zero-order valence-corrected chi connectivity index (χ0v) is 15.2. The Balaban J connectivity index is 1.60. The van der Waals surface area contributed by atoms with E-state index in [2.05, 4.69) is 42.1 Å². The lowest BCUT2D eigenvalue weighted by atomic mass is 10.2. The Labute approximate surface area is 152 Å². The molecule has 0 saturated carbocycles. The third kappa shape index (κ3) is 4.00. The van der Waals surface area contributed by atoms with Crippen LogP contribution >= 0.6 is 0 Å². The minimum absolute atomic E-state index is 0.506. The van der Waals surface area contributed by atoms with Crippen molar-refractivity contribution in [3.05, 3.63) is 66.1 Å². The molecule has 26 heavy (non-hydrogen) atoms. The van der Waals surface area contributed by atoms with Gasteiger partial charge < -0.3 is 10.1 Å². The third-order valence-electron chi connectivity index (χ3n) is 4.04. The van der Waals surface area contributed by atoms with Crippen LogP contribution in [0.15, 0.2) is 65.0 Å². The standard InChI is InChI=1S/C19H23N6O/c1-20-19(21-2)23-22-12-15-7-9-17(10-8-15)26-14-16-13-25-11-5-4-6-18(25)24(16)3/h4-13H,14H2,1-3H3,(H2,20,21,23)/q+1/b22-12+. The van der Waals surface area contributed by atoms with Crippen LogP contribution in [0.25, 0.3) is 5.65 Å². The lowest BCUT2D eigenvalue weighted by Crippen LogP contribution is -2.30. The molecule has 0 radical (unpaired) electrons. The number of nitrogens with zero attached hydrogens (tertiary/aromatic N) is 4. The molecule has 1 aromatic carbocycles. The van der Waals surface area contributed by atoms with E-state index in [1.165, 1.54) is 0 Å². The van der Waals surface area contributed by atoms with Gasteiger partial charge in [-0.05, 0) is 35.9 Å². The van der Waals surface area contributed by atoms with Crippen molar-refractivity contribution in [3.63, 3.8) is 0 Å². The summed E-state index contributed by atoms with van der Waals surface area (Å²) in [4.78, 5) is 3.98. The molecule has 0 bridgehead atoms. The van der Waals surface area contributed by atoms with E-state index in [-0.39, 0.29) is 0 Å². The maximum atomic E-state index is 5.91. The number of pyridine rings is 1. The number of rotatable bonds is 5. The molecule has 0 fully saturated rings. The van der Waals surface area contributed by atoms with Crippen LogP contribution in [0, 0.1) is 0 Å². The van der Waals surface area contributed by atoms with Gasteiger partial charge in [-0.15, -0.1) is 0 Å². The molecule has 2 heterocycles. The van der Waals surface area contributed by atoms with Gasteiger partial charge in [-0.2, -0.15) is 5.10 Å². The molecule has 0 aliphatic carbocycles. The number of fused-ring (bicyclic) bond motifs is 1. The van der Waals surface area contributed by atoms with Crippen molar-refractivity contribution in [2.75, 3.05) is 14.1 Å². The van der Waals surface area contributed by atoms with Crippen LogP contribution in [-0.4, -0.2) is 30.8 Å². The largest absolute Gasteiger partial charge is 0.485 e. The van der Waals surface area contributed by atoms with Gasteiger partial charge in [-0.3, -0.25) is 4.99 Å². The van der Waals surface area contributed by atoms with Crippen molar-refractivity contribution in [2.45, 2.75) is 6.61 Å². The molecule has 3 rings (SSSR count).